The zero-order valence-corrected chi connectivity index (χ0v) is 12.7. The van der Waals surface area contributed by atoms with E-state index in [1.165, 1.54) is 0 Å². The van der Waals surface area contributed by atoms with Crippen LogP contribution >= 0.6 is 11.8 Å². The van der Waals surface area contributed by atoms with Gasteiger partial charge >= 0.3 is 11.7 Å². The fourth-order valence-electron chi connectivity index (χ4n) is 1.85. The van der Waals surface area contributed by atoms with Crippen molar-refractivity contribution in [3.8, 4) is 5.40 Å². The van der Waals surface area contributed by atoms with Gasteiger partial charge in [-0.2, -0.15) is 5.26 Å². The summed E-state index contributed by atoms with van der Waals surface area (Å²) in [5.74, 6) is -0.641. The van der Waals surface area contributed by atoms with E-state index in [-0.39, 0.29) is 23.9 Å². The molecule has 0 spiro atoms. The lowest BCUT2D eigenvalue weighted by atomic mass is 10.1. The maximum Gasteiger partial charge on any atom is 0.323 e. The van der Waals surface area contributed by atoms with Gasteiger partial charge in [-0.3, -0.25) is 9.59 Å². The van der Waals surface area contributed by atoms with Crippen molar-refractivity contribution in [2.75, 3.05) is 6.61 Å². The predicted octanol–water partition coefficient (Wildman–Crippen LogP) is 1.51. The molecule has 0 unspecified atom stereocenters. The number of ketones is 1. The highest BCUT2D eigenvalue weighted by atomic mass is 32.2. The second-order valence-electron chi connectivity index (χ2n) is 4.34. The van der Waals surface area contributed by atoms with Gasteiger partial charge in [-0.05, 0) is 38.5 Å². The third-order valence-corrected chi connectivity index (χ3v) is 3.64. The number of nitrogens with zero attached hydrogens (tertiary/aromatic N) is 1. The van der Waals surface area contributed by atoms with Crippen molar-refractivity contribution in [3.05, 3.63) is 21.9 Å². The molecule has 0 radical (unpaired) electrons. The SMILES string of the molecule is CCOC(=O)CCC[C@@H](SC#N)C(=O)c1[nH]c(=O)[nH]c1C. The number of thiocyanates is 1. The van der Waals surface area contributed by atoms with Crippen LogP contribution in [0.25, 0.3) is 0 Å². The summed E-state index contributed by atoms with van der Waals surface area (Å²) in [5.41, 5.74) is 0.172. The summed E-state index contributed by atoms with van der Waals surface area (Å²) < 4.78 is 4.80. The maximum atomic E-state index is 12.3. The Balaban J connectivity index is 2.67. The number of hydrogen-bond donors (Lipinski definition) is 2. The fraction of sp³-hybridized carbons (Fsp3) is 0.538. The molecule has 0 aromatic carbocycles. The number of hydrogen-bond acceptors (Lipinski definition) is 6. The van der Waals surface area contributed by atoms with Gasteiger partial charge in [0.25, 0.3) is 0 Å². The van der Waals surface area contributed by atoms with Crippen molar-refractivity contribution >= 4 is 23.5 Å². The van der Waals surface area contributed by atoms with Crippen LogP contribution in [0.15, 0.2) is 4.79 Å². The maximum absolute atomic E-state index is 12.3. The van der Waals surface area contributed by atoms with Gasteiger partial charge in [-0.15, -0.1) is 0 Å². The Morgan fingerprint density at radius 3 is 2.67 bits per heavy atom. The number of H-pyrrole nitrogens is 2. The number of imidazole rings is 1. The van der Waals surface area contributed by atoms with E-state index in [4.69, 9.17) is 10.00 Å². The molecule has 0 saturated heterocycles. The number of aromatic amines is 2. The molecule has 0 saturated carbocycles. The van der Waals surface area contributed by atoms with Crippen LogP contribution in [0.5, 0.6) is 0 Å². The Morgan fingerprint density at radius 1 is 1.43 bits per heavy atom. The van der Waals surface area contributed by atoms with Crippen LogP contribution in [0.3, 0.4) is 0 Å². The third kappa shape index (κ3) is 5.11. The molecule has 1 atom stereocenters. The number of ether oxygens (including phenoxy) is 1. The molecule has 1 heterocycles. The predicted molar refractivity (Wildman–Crippen MR) is 78.0 cm³/mol. The highest BCUT2D eigenvalue weighted by Gasteiger charge is 2.24. The van der Waals surface area contributed by atoms with Gasteiger partial charge in [0.1, 0.15) is 11.1 Å². The fourth-order valence-corrected chi connectivity index (χ4v) is 2.49. The molecule has 1 aromatic heterocycles. The first-order chi connectivity index (χ1) is 9.99. The van der Waals surface area contributed by atoms with Crippen molar-refractivity contribution in [1.82, 2.24) is 9.97 Å². The van der Waals surface area contributed by atoms with Gasteiger partial charge < -0.3 is 14.7 Å². The summed E-state index contributed by atoms with van der Waals surface area (Å²) in [6.45, 7) is 3.65. The molecular weight excluding hydrogens is 294 g/mol. The zero-order chi connectivity index (χ0) is 15.8. The quantitative estimate of drug-likeness (QED) is 0.427. The van der Waals surface area contributed by atoms with Crippen molar-refractivity contribution in [1.29, 1.82) is 5.26 Å². The van der Waals surface area contributed by atoms with Gasteiger partial charge in [-0.1, -0.05) is 0 Å². The molecule has 114 valence electrons. The average molecular weight is 311 g/mol. The topological polar surface area (TPSA) is 116 Å². The third-order valence-electron chi connectivity index (χ3n) is 2.80. The van der Waals surface area contributed by atoms with E-state index < -0.39 is 10.9 Å². The minimum atomic E-state index is -0.616. The Bertz CT molecular complexity index is 599. The number of nitriles is 1. The molecule has 0 amide bonds. The highest BCUT2D eigenvalue weighted by Crippen LogP contribution is 2.21. The minimum absolute atomic E-state index is 0.184. The molecule has 0 aliphatic heterocycles. The number of esters is 1. The monoisotopic (exact) mass is 311 g/mol. The molecule has 1 aromatic rings. The van der Waals surface area contributed by atoms with Crippen LogP contribution < -0.4 is 5.69 Å². The number of carbonyl (C=O) groups excluding carboxylic acids is 2. The normalized spacial score (nSPS) is 11.7. The summed E-state index contributed by atoms with van der Waals surface area (Å²) in [7, 11) is 0. The highest BCUT2D eigenvalue weighted by molar-refractivity contribution is 8.05. The van der Waals surface area contributed by atoms with Gasteiger partial charge in [0.2, 0.25) is 0 Å². The lowest BCUT2D eigenvalue weighted by Gasteiger charge is -2.10. The summed E-state index contributed by atoms with van der Waals surface area (Å²) in [6.07, 6.45) is 1.01. The number of thioether (sulfide) groups is 1. The number of aryl methyl sites for hydroxylation is 1. The molecule has 1 rings (SSSR count). The smallest absolute Gasteiger partial charge is 0.323 e. The lowest BCUT2D eigenvalue weighted by Crippen LogP contribution is -2.19. The number of aromatic nitrogens is 2. The van der Waals surface area contributed by atoms with E-state index in [1.807, 2.05) is 5.40 Å². The Kier molecular flexibility index (Phi) is 6.75. The van der Waals surface area contributed by atoms with Crippen molar-refractivity contribution in [2.45, 2.75) is 38.4 Å². The van der Waals surface area contributed by atoms with Crippen LogP contribution in [-0.4, -0.2) is 33.6 Å². The molecular formula is C13H17N3O4S. The number of rotatable bonds is 8. The molecule has 0 fully saturated rings. The Labute approximate surface area is 126 Å². The summed E-state index contributed by atoms with van der Waals surface area (Å²) >= 11 is 0.830. The van der Waals surface area contributed by atoms with E-state index >= 15 is 0 Å². The molecule has 2 N–H and O–H groups in total. The van der Waals surface area contributed by atoms with Crippen LogP contribution in [0, 0.1) is 17.6 Å². The Hall–Kier alpha value is -2.01. The summed E-state index contributed by atoms with van der Waals surface area (Å²) in [4.78, 5) is 39.6. The van der Waals surface area contributed by atoms with Crippen LogP contribution in [0.1, 0.15) is 42.4 Å². The second kappa shape index (κ2) is 8.32. The molecule has 7 nitrogen and oxygen atoms in total. The van der Waals surface area contributed by atoms with Gasteiger partial charge in [0, 0.05) is 12.1 Å². The second-order valence-corrected chi connectivity index (χ2v) is 5.33. The van der Waals surface area contributed by atoms with Crippen LogP contribution in [0.2, 0.25) is 0 Å². The lowest BCUT2D eigenvalue weighted by molar-refractivity contribution is -0.143. The van der Waals surface area contributed by atoms with Gasteiger partial charge in [0.15, 0.2) is 5.78 Å². The number of nitrogens with one attached hydrogen (secondary N) is 2. The average Bonchev–Trinajstić information content (AvgIpc) is 2.76. The van der Waals surface area contributed by atoms with E-state index in [9.17, 15) is 14.4 Å². The standard InChI is InChI=1S/C13H17N3O4S/c1-3-20-10(17)6-4-5-9(21-7-14)12(18)11-8(2)15-13(19)16-11/h9H,3-6H2,1-2H3,(H2,15,16,19)/t9-/m1/s1. The molecule has 0 aliphatic carbocycles. The summed E-state index contributed by atoms with van der Waals surface area (Å²) in [5, 5.41) is 10.1. The first-order valence-corrected chi connectivity index (χ1v) is 7.41. The van der Waals surface area contributed by atoms with E-state index in [1.54, 1.807) is 13.8 Å². The molecule has 0 bridgehead atoms. The molecule has 8 heteroatoms. The largest absolute Gasteiger partial charge is 0.466 e. The van der Waals surface area contributed by atoms with E-state index in [0.717, 1.165) is 11.8 Å². The van der Waals surface area contributed by atoms with Gasteiger partial charge in [0.05, 0.1) is 11.9 Å². The van der Waals surface area contributed by atoms with Crippen molar-refractivity contribution in [3.63, 3.8) is 0 Å². The number of carbonyl (C=O) groups is 2. The first-order valence-electron chi connectivity index (χ1n) is 6.53. The van der Waals surface area contributed by atoms with E-state index in [0.29, 0.717) is 25.1 Å². The Morgan fingerprint density at radius 2 is 2.14 bits per heavy atom. The van der Waals surface area contributed by atoms with Gasteiger partial charge in [-0.25, -0.2) is 4.79 Å². The molecule has 21 heavy (non-hydrogen) atoms. The van der Waals surface area contributed by atoms with Crippen LogP contribution in [-0.2, 0) is 9.53 Å². The van der Waals surface area contributed by atoms with Crippen molar-refractivity contribution < 1.29 is 14.3 Å². The van der Waals surface area contributed by atoms with Crippen LogP contribution in [0.4, 0.5) is 0 Å². The van der Waals surface area contributed by atoms with E-state index in [2.05, 4.69) is 9.97 Å². The first kappa shape index (κ1) is 17.0. The minimum Gasteiger partial charge on any atom is -0.466 e. The summed E-state index contributed by atoms with van der Waals surface area (Å²) in [6, 6.07) is 0. The van der Waals surface area contributed by atoms with Crippen molar-refractivity contribution in [2.24, 2.45) is 0 Å². The molecule has 0 aliphatic rings. The number of Topliss-reactive ketones (excluding diaryl/α,β-unsaturated/α-hetero) is 1. The zero-order valence-electron chi connectivity index (χ0n) is 11.9.